The molecule has 2 rings (SSSR count). The first-order valence-corrected chi connectivity index (χ1v) is 8.61. The lowest BCUT2D eigenvalue weighted by Gasteiger charge is -2.26. The summed E-state index contributed by atoms with van der Waals surface area (Å²) in [7, 11) is -3.40. The molecular formula is C14H19FN2O4S. The SMILES string of the molecule is Cc1cc(C(=O)NCCS(=O)(=O)N2CCOCC2)ccc1F. The maximum Gasteiger partial charge on any atom is 0.251 e. The molecular weight excluding hydrogens is 311 g/mol. The number of halogens is 1. The molecule has 1 aliphatic rings. The Balaban J connectivity index is 1.87. The van der Waals surface area contributed by atoms with Gasteiger partial charge in [-0.15, -0.1) is 0 Å². The summed E-state index contributed by atoms with van der Waals surface area (Å²) in [6, 6.07) is 4.02. The van der Waals surface area contributed by atoms with Crippen molar-refractivity contribution < 1.29 is 22.3 Å². The van der Waals surface area contributed by atoms with Gasteiger partial charge in [-0.2, -0.15) is 4.31 Å². The van der Waals surface area contributed by atoms with Crippen LogP contribution in [0.1, 0.15) is 15.9 Å². The minimum Gasteiger partial charge on any atom is -0.379 e. The van der Waals surface area contributed by atoms with E-state index in [0.717, 1.165) is 0 Å². The van der Waals surface area contributed by atoms with Crippen molar-refractivity contribution in [3.8, 4) is 0 Å². The molecule has 8 heteroatoms. The van der Waals surface area contributed by atoms with Crippen LogP contribution in [0.4, 0.5) is 4.39 Å². The monoisotopic (exact) mass is 330 g/mol. The zero-order valence-electron chi connectivity index (χ0n) is 12.3. The number of carbonyl (C=O) groups excluding carboxylic acids is 1. The molecule has 1 heterocycles. The normalized spacial score (nSPS) is 16.5. The number of benzene rings is 1. The molecule has 1 amide bonds. The van der Waals surface area contributed by atoms with E-state index in [1.807, 2.05) is 0 Å². The molecule has 0 saturated carbocycles. The van der Waals surface area contributed by atoms with Gasteiger partial charge in [-0.3, -0.25) is 4.79 Å². The number of rotatable bonds is 5. The lowest BCUT2D eigenvalue weighted by atomic mass is 10.1. The smallest absolute Gasteiger partial charge is 0.251 e. The predicted octanol–water partition coefficient (Wildman–Crippen LogP) is 0.526. The fraction of sp³-hybridized carbons (Fsp3) is 0.500. The summed E-state index contributed by atoms with van der Waals surface area (Å²) < 4.78 is 43.8. The molecule has 0 atom stereocenters. The van der Waals surface area contributed by atoms with Crippen LogP contribution >= 0.6 is 0 Å². The summed E-state index contributed by atoms with van der Waals surface area (Å²) in [6.45, 7) is 3.03. The molecule has 0 aliphatic carbocycles. The Bertz CT molecular complexity index is 642. The van der Waals surface area contributed by atoms with E-state index in [4.69, 9.17) is 4.74 Å². The van der Waals surface area contributed by atoms with E-state index >= 15 is 0 Å². The summed E-state index contributed by atoms with van der Waals surface area (Å²) in [5.41, 5.74) is 0.677. The first-order chi connectivity index (χ1) is 10.4. The van der Waals surface area contributed by atoms with Gasteiger partial charge < -0.3 is 10.1 Å². The Morgan fingerprint density at radius 3 is 2.68 bits per heavy atom. The average molecular weight is 330 g/mol. The van der Waals surface area contributed by atoms with Crippen molar-refractivity contribution in [3.63, 3.8) is 0 Å². The van der Waals surface area contributed by atoms with Gasteiger partial charge in [-0.25, -0.2) is 12.8 Å². The van der Waals surface area contributed by atoms with E-state index in [0.29, 0.717) is 37.4 Å². The molecule has 22 heavy (non-hydrogen) atoms. The van der Waals surface area contributed by atoms with Gasteiger partial charge in [0.2, 0.25) is 10.0 Å². The molecule has 0 unspecified atom stereocenters. The van der Waals surface area contributed by atoms with E-state index in [1.165, 1.54) is 22.5 Å². The number of hydrogen-bond acceptors (Lipinski definition) is 4. The van der Waals surface area contributed by atoms with Crippen LogP contribution in [-0.2, 0) is 14.8 Å². The Morgan fingerprint density at radius 1 is 1.36 bits per heavy atom. The molecule has 0 spiro atoms. The van der Waals surface area contributed by atoms with Crippen molar-refractivity contribution in [2.24, 2.45) is 0 Å². The van der Waals surface area contributed by atoms with E-state index in [1.54, 1.807) is 6.92 Å². The zero-order chi connectivity index (χ0) is 16.2. The van der Waals surface area contributed by atoms with Crippen molar-refractivity contribution in [2.75, 3.05) is 38.6 Å². The maximum absolute atomic E-state index is 13.1. The number of nitrogens with zero attached hydrogens (tertiary/aromatic N) is 1. The van der Waals surface area contributed by atoms with Crippen molar-refractivity contribution in [1.82, 2.24) is 9.62 Å². The first-order valence-electron chi connectivity index (χ1n) is 7.00. The zero-order valence-corrected chi connectivity index (χ0v) is 13.2. The van der Waals surface area contributed by atoms with Gasteiger partial charge >= 0.3 is 0 Å². The molecule has 0 radical (unpaired) electrons. The Hall–Kier alpha value is -1.51. The molecule has 1 aliphatic heterocycles. The standard InChI is InChI=1S/C14H19FN2O4S/c1-11-10-12(2-3-13(11)15)14(18)16-4-9-22(19,20)17-5-7-21-8-6-17/h2-3,10H,4-9H2,1H3,(H,16,18). The van der Waals surface area contributed by atoms with Crippen molar-refractivity contribution in [1.29, 1.82) is 0 Å². The van der Waals surface area contributed by atoms with Crippen molar-refractivity contribution in [3.05, 3.63) is 35.1 Å². The van der Waals surface area contributed by atoms with Gasteiger partial charge in [-0.1, -0.05) is 0 Å². The van der Waals surface area contributed by atoms with Gasteiger partial charge in [0.05, 0.1) is 19.0 Å². The third-order valence-electron chi connectivity index (χ3n) is 3.43. The molecule has 6 nitrogen and oxygen atoms in total. The van der Waals surface area contributed by atoms with Crippen LogP contribution in [0.3, 0.4) is 0 Å². The van der Waals surface area contributed by atoms with E-state index in [-0.39, 0.29) is 18.1 Å². The highest BCUT2D eigenvalue weighted by Crippen LogP contribution is 2.09. The summed E-state index contributed by atoms with van der Waals surface area (Å²) in [4.78, 5) is 11.9. The number of sulfonamides is 1. The molecule has 1 aromatic rings. The lowest BCUT2D eigenvalue weighted by Crippen LogP contribution is -2.43. The molecule has 1 fully saturated rings. The summed E-state index contributed by atoms with van der Waals surface area (Å²) in [5.74, 6) is -0.967. The molecule has 0 bridgehead atoms. The number of carbonyl (C=O) groups is 1. The van der Waals surface area contributed by atoms with Crippen LogP contribution < -0.4 is 5.32 Å². The van der Waals surface area contributed by atoms with E-state index < -0.39 is 15.9 Å². The second-order valence-corrected chi connectivity index (χ2v) is 7.14. The van der Waals surface area contributed by atoms with Crippen LogP contribution in [0.25, 0.3) is 0 Å². The third kappa shape index (κ3) is 4.25. The van der Waals surface area contributed by atoms with Gasteiger partial charge in [0, 0.05) is 25.2 Å². The quantitative estimate of drug-likeness (QED) is 0.854. The first kappa shape index (κ1) is 16.9. The Kier molecular flexibility index (Phi) is 5.49. The van der Waals surface area contributed by atoms with Crippen molar-refractivity contribution >= 4 is 15.9 Å². The highest BCUT2D eigenvalue weighted by molar-refractivity contribution is 7.89. The molecule has 1 aromatic carbocycles. The number of aryl methyl sites for hydroxylation is 1. The largest absolute Gasteiger partial charge is 0.379 e. The topological polar surface area (TPSA) is 75.7 Å². The number of amides is 1. The molecule has 122 valence electrons. The fourth-order valence-corrected chi connectivity index (χ4v) is 3.46. The number of ether oxygens (including phenoxy) is 1. The summed E-state index contributed by atoms with van der Waals surface area (Å²) in [6.07, 6.45) is 0. The van der Waals surface area contributed by atoms with E-state index in [9.17, 15) is 17.6 Å². The summed E-state index contributed by atoms with van der Waals surface area (Å²) in [5, 5.41) is 2.54. The van der Waals surface area contributed by atoms with Crippen LogP contribution in [0.15, 0.2) is 18.2 Å². The highest BCUT2D eigenvalue weighted by Gasteiger charge is 2.24. The van der Waals surface area contributed by atoms with Gasteiger partial charge in [0.1, 0.15) is 5.82 Å². The molecule has 1 saturated heterocycles. The molecule has 0 aromatic heterocycles. The summed E-state index contributed by atoms with van der Waals surface area (Å²) >= 11 is 0. The predicted molar refractivity (Wildman–Crippen MR) is 79.6 cm³/mol. The average Bonchev–Trinajstić information content (AvgIpc) is 2.50. The van der Waals surface area contributed by atoms with Crippen LogP contribution in [0, 0.1) is 12.7 Å². The van der Waals surface area contributed by atoms with Crippen molar-refractivity contribution in [2.45, 2.75) is 6.92 Å². The second-order valence-electron chi connectivity index (χ2n) is 5.05. The van der Waals surface area contributed by atoms with Crippen LogP contribution in [0.2, 0.25) is 0 Å². The number of nitrogens with one attached hydrogen (secondary N) is 1. The Morgan fingerprint density at radius 2 is 2.05 bits per heavy atom. The Labute approximate surface area is 129 Å². The van der Waals surface area contributed by atoms with Gasteiger partial charge in [-0.05, 0) is 30.7 Å². The fourth-order valence-electron chi connectivity index (χ4n) is 2.14. The van der Waals surface area contributed by atoms with Crippen LogP contribution in [-0.4, -0.2) is 57.2 Å². The maximum atomic E-state index is 13.1. The third-order valence-corrected chi connectivity index (χ3v) is 5.30. The minimum absolute atomic E-state index is 0.00888. The van der Waals surface area contributed by atoms with E-state index in [2.05, 4.69) is 5.32 Å². The van der Waals surface area contributed by atoms with Gasteiger partial charge in [0.25, 0.3) is 5.91 Å². The molecule has 1 N–H and O–H groups in total. The van der Waals surface area contributed by atoms with Crippen LogP contribution in [0.5, 0.6) is 0 Å². The number of morpholine rings is 1. The number of hydrogen-bond donors (Lipinski definition) is 1. The lowest BCUT2D eigenvalue weighted by molar-refractivity contribution is 0.0730. The minimum atomic E-state index is -3.40. The van der Waals surface area contributed by atoms with Gasteiger partial charge in [0.15, 0.2) is 0 Å². The highest BCUT2D eigenvalue weighted by atomic mass is 32.2. The second kappa shape index (κ2) is 7.17.